The molecule has 2 aromatic heterocycles. The molecular weight excluding hydrogens is 639 g/mol. The normalized spacial score (nSPS) is 15.4. The van der Waals surface area contributed by atoms with Crippen molar-refractivity contribution >= 4 is 48.4 Å². The Balaban J connectivity index is 1.26. The van der Waals surface area contributed by atoms with Crippen LogP contribution in [0.4, 0.5) is 0 Å². The van der Waals surface area contributed by atoms with E-state index in [0.29, 0.717) is 11.6 Å². The second kappa shape index (κ2) is 12.3. The number of aromatic nitrogens is 3. The van der Waals surface area contributed by atoms with Crippen LogP contribution in [-0.4, -0.2) is 15.0 Å². The van der Waals surface area contributed by atoms with E-state index in [1.807, 2.05) is 0 Å². The lowest BCUT2D eigenvalue weighted by Crippen LogP contribution is -2.19. The van der Waals surface area contributed by atoms with Gasteiger partial charge in [0.05, 0.1) is 5.92 Å². The Bertz CT molecular complexity index is 2780. The third-order valence-electron chi connectivity index (χ3n) is 10.2. The van der Waals surface area contributed by atoms with Crippen LogP contribution in [0, 0.1) is 0 Å². The number of allylic oxidation sites excluding steroid dienone is 1. The van der Waals surface area contributed by atoms with Crippen molar-refractivity contribution in [2.45, 2.75) is 11.8 Å². The number of benzene rings is 7. The zero-order chi connectivity index (χ0) is 33.7. The van der Waals surface area contributed by atoms with Gasteiger partial charge in [0.2, 0.25) is 0 Å². The topological polar surface area (TPSA) is 38.7 Å². The van der Waals surface area contributed by atoms with Gasteiger partial charge in [0.1, 0.15) is 5.82 Å². The highest BCUT2D eigenvalue weighted by Gasteiger charge is 2.32. The third-order valence-corrected chi connectivity index (χ3v) is 11.4. The number of hydrogen-bond donors (Lipinski definition) is 0. The summed E-state index contributed by atoms with van der Waals surface area (Å²) in [6.45, 7) is 0. The van der Waals surface area contributed by atoms with Gasteiger partial charge in [-0.25, -0.2) is 15.0 Å². The van der Waals surface area contributed by atoms with Crippen LogP contribution < -0.4 is 0 Å². The smallest absolute Gasteiger partial charge is 0.165 e. The summed E-state index contributed by atoms with van der Waals surface area (Å²) in [5, 5.41) is 4.88. The Kier molecular flexibility index (Phi) is 7.14. The van der Waals surface area contributed by atoms with Crippen LogP contribution in [0.5, 0.6) is 0 Å². The first-order valence-electron chi connectivity index (χ1n) is 17.4. The van der Waals surface area contributed by atoms with Gasteiger partial charge in [-0.1, -0.05) is 164 Å². The zero-order valence-electron chi connectivity index (χ0n) is 27.6. The first-order valence-corrected chi connectivity index (χ1v) is 18.2. The van der Waals surface area contributed by atoms with E-state index < -0.39 is 0 Å². The van der Waals surface area contributed by atoms with Crippen molar-refractivity contribution in [1.29, 1.82) is 0 Å². The molecule has 0 radical (unpaired) electrons. The maximum Gasteiger partial charge on any atom is 0.165 e. The molecule has 0 amide bonds. The van der Waals surface area contributed by atoms with Crippen molar-refractivity contribution in [3.63, 3.8) is 0 Å². The molecular formula is C47H31N3S. The molecule has 240 valence electrons. The maximum atomic E-state index is 5.46. The SMILES string of the molecule is C1=CC(c2ccccc2)C(c2nc(-c3ccccc3-c3cccc4ccccc34)nc(-c3cccc4c3sc3ccccc34)n2)c2ccccc21. The molecule has 2 unspecified atom stereocenters. The fourth-order valence-electron chi connectivity index (χ4n) is 7.81. The minimum absolute atomic E-state index is 0.0534. The molecule has 0 spiro atoms. The molecule has 51 heavy (non-hydrogen) atoms. The Hall–Kier alpha value is -6.23. The highest BCUT2D eigenvalue weighted by molar-refractivity contribution is 7.26. The molecule has 3 nitrogen and oxygen atoms in total. The average Bonchev–Trinajstić information content (AvgIpc) is 3.59. The van der Waals surface area contributed by atoms with Crippen molar-refractivity contribution in [2.75, 3.05) is 0 Å². The Morgan fingerprint density at radius 1 is 0.451 bits per heavy atom. The Morgan fingerprint density at radius 2 is 1.08 bits per heavy atom. The molecule has 0 fully saturated rings. The molecule has 1 aliphatic rings. The van der Waals surface area contributed by atoms with Crippen molar-refractivity contribution < 1.29 is 0 Å². The standard InChI is InChI=1S/C47H31N3S/c1-2-14-31(15-3-1)35-29-28-32-17-5-7-20-34(32)43(35)47-49-45(40-23-9-8-21-37(40)36-24-12-18-30-16-4-6-19-33(30)36)48-46(50-47)41-26-13-25-39-38-22-10-11-27-42(38)51-44(39)41/h1-29,35,43H. The summed E-state index contributed by atoms with van der Waals surface area (Å²) in [6.07, 6.45) is 4.57. The molecule has 2 atom stereocenters. The van der Waals surface area contributed by atoms with E-state index in [1.165, 1.54) is 47.6 Å². The molecule has 0 N–H and O–H groups in total. The number of fused-ring (bicyclic) bond motifs is 5. The summed E-state index contributed by atoms with van der Waals surface area (Å²) in [4.78, 5) is 16.3. The molecule has 0 bridgehead atoms. The van der Waals surface area contributed by atoms with Crippen LogP contribution in [-0.2, 0) is 0 Å². The van der Waals surface area contributed by atoms with Gasteiger partial charge in [-0.2, -0.15) is 0 Å². The van der Waals surface area contributed by atoms with Crippen LogP contribution in [0.3, 0.4) is 0 Å². The molecule has 4 heteroatoms. The number of rotatable bonds is 5. The van der Waals surface area contributed by atoms with E-state index in [9.17, 15) is 0 Å². The predicted molar refractivity (Wildman–Crippen MR) is 213 cm³/mol. The van der Waals surface area contributed by atoms with Gasteiger partial charge in [-0.05, 0) is 50.7 Å². The fourth-order valence-corrected chi connectivity index (χ4v) is 9.02. The van der Waals surface area contributed by atoms with Crippen LogP contribution in [0.2, 0.25) is 0 Å². The molecule has 7 aromatic carbocycles. The summed E-state index contributed by atoms with van der Waals surface area (Å²) in [7, 11) is 0. The van der Waals surface area contributed by atoms with E-state index >= 15 is 0 Å². The molecule has 0 aliphatic heterocycles. The summed E-state index contributed by atoms with van der Waals surface area (Å²) in [5.74, 6) is 2.08. The third kappa shape index (κ3) is 5.07. The molecule has 0 saturated heterocycles. The maximum absolute atomic E-state index is 5.46. The van der Waals surface area contributed by atoms with E-state index in [-0.39, 0.29) is 11.8 Å². The lowest BCUT2D eigenvalue weighted by molar-refractivity contribution is 0.659. The Labute approximate surface area is 300 Å². The summed E-state index contributed by atoms with van der Waals surface area (Å²) in [6, 6.07) is 58.2. The zero-order valence-corrected chi connectivity index (χ0v) is 28.5. The molecule has 9 aromatic rings. The largest absolute Gasteiger partial charge is 0.212 e. The van der Waals surface area contributed by atoms with E-state index in [4.69, 9.17) is 15.0 Å². The predicted octanol–water partition coefficient (Wildman–Crippen LogP) is 12.3. The molecule has 10 rings (SSSR count). The first-order chi connectivity index (χ1) is 25.3. The molecule has 2 heterocycles. The second-order valence-corrected chi connectivity index (χ2v) is 14.1. The van der Waals surface area contributed by atoms with Crippen molar-refractivity contribution in [3.8, 4) is 33.9 Å². The number of nitrogens with zero attached hydrogens (tertiary/aromatic N) is 3. The highest BCUT2D eigenvalue weighted by atomic mass is 32.1. The van der Waals surface area contributed by atoms with Crippen LogP contribution in [0.1, 0.15) is 34.4 Å². The minimum Gasteiger partial charge on any atom is -0.212 e. The van der Waals surface area contributed by atoms with Gasteiger partial charge in [0.15, 0.2) is 11.6 Å². The average molecular weight is 670 g/mol. The van der Waals surface area contributed by atoms with Gasteiger partial charge < -0.3 is 0 Å². The van der Waals surface area contributed by atoms with Gasteiger partial charge in [-0.15, -0.1) is 11.3 Å². The van der Waals surface area contributed by atoms with Gasteiger partial charge in [-0.3, -0.25) is 0 Å². The number of thiophene rings is 1. The van der Waals surface area contributed by atoms with Crippen molar-refractivity contribution in [3.05, 3.63) is 192 Å². The van der Waals surface area contributed by atoms with E-state index in [0.717, 1.165) is 28.1 Å². The summed E-state index contributed by atoms with van der Waals surface area (Å²) >= 11 is 1.80. The Morgan fingerprint density at radius 3 is 1.98 bits per heavy atom. The molecule has 1 aliphatic carbocycles. The van der Waals surface area contributed by atoms with Crippen molar-refractivity contribution in [1.82, 2.24) is 15.0 Å². The quantitative estimate of drug-likeness (QED) is 0.183. The summed E-state index contributed by atoms with van der Waals surface area (Å²) < 4.78 is 2.44. The number of hydrogen-bond acceptors (Lipinski definition) is 4. The van der Waals surface area contributed by atoms with E-state index in [2.05, 4.69) is 176 Å². The van der Waals surface area contributed by atoms with Crippen LogP contribution in [0.15, 0.2) is 170 Å². The van der Waals surface area contributed by atoms with Crippen molar-refractivity contribution in [2.24, 2.45) is 0 Å². The van der Waals surface area contributed by atoms with Gasteiger partial charge >= 0.3 is 0 Å². The summed E-state index contributed by atoms with van der Waals surface area (Å²) in [5.41, 5.74) is 7.92. The minimum atomic E-state index is -0.111. The highest BCUT2D eigenvalue weighted by Crippen LogP contribution is 2.45. The second-order valence-electron chi connectivity index (χ2n) is 13.1. The van der Waals surface area contributed by atoms with Gasteiger partial charge in [0, 0.05) is 37.2 Å². The lowest BCUT2D eigenvalue weighted by Gasteiger charge is -2.30. The first kappa shape index (κ1) is 29.7. The van der Waals surface area contributed by atoms with Gasteiger partial charge in [0.25, 0.3) is 0 Å². The van der Waals surface area contributed by atoms with Crippen LogP contribution in [0.25, 0.3) is 70.9 Å². The monoisotopic (exact) mass is 669 g/mol. The molecule has 0 saturated carbocycles. The van der Waals surface area contributed by atoms with Crippen LogP contribution >= 0.6 is 11.3 Å². The fraction of sp³-hybridized carbons (Fsp3) is 0.0426. The van der Waals surface area contributed by atoms with E-state index in [1.54, 1.807) is 11.3 Å². The lowest BCUT2D eigenvalue weighted by atomic mass is 9.75.